The van der Waals surface area contributed by atoms with Crippen molar-refractivity contribution < 1.29 is 13.5 Å². The molecule has 84 valence electrons. The lowest BCUT2D eigenvalue weighted by Crippen LogP contribution is -2.47. The number of hydrogen-bond acceptors (Lipinski definition) is 3. The van der Waals surface area contributed by atoms with Gasteiger partial charge >= 0.3 is 0 Å². The van der Waals surface area contributed by atoms with Gasteiger partial charge in [0.15, 0.2) is 0 Å². The van der Waals surface area contributed by atoms with E-state index in [9.17, 15) is 13.5 Å². The Morgan fingerprint density at radius 3 is 2.43 bits per heavy atom. The summed E-state index contributed by atoms with van der Waals surface area (Å²) in [5.74, 6) is 0.0391. The summed E-state index contributed by atoms with van der Waals surface area (Å²) in [6, 6.07) is 0. The number of nitrogens with zero attached hydrogens (tertiary/aromatic N) is 1. The van der Waals surface area contributed by atoms with E-state index in [4.69, 9.17) is 0 Å². The third kappa shape index (κ3) is 2.27. The first-order valence-corrected chi connectivity index (χ1v) is 6.53. The minimum Gasteiger partial charge on any atom is -0.393 e. The number of hydrogen-bond donors (Lipinski definition) is 1. The van der Waals surface area contributed by atoms with Gasteiger partial charge in [0, 0.05) is 13.1 Å². The molecule has 0 amide bonds. The van der Waals surface area contributed by atoms with E-state index in [2.05, 4.69) is 0 Å². The topological polar surface area (TPSA) is 57.6 Å². The highest BCUT2D eigenvalue weighted by Crippen LogP contribution is 2.21. The predicted octanol–water partition coefficient (Wildman–Crippen LogP) is 0.427. The second-order valence-corrected chi connectivity index (χ2v) is 6.77. The maximum Gasteiger partial charge on any atom is 0.216 e. The summed E-state index contributed by atoms with van der Waals surface area (Å²) in [4.78, 5) is 0. The van der Waals surface area contributed by atoms with Crippen LogP contribution in [0.3, 0.4) is 0 Å². The number of rotatable bonds is 2. The van der Waals surface area contributed by atoms with Gasteiger partial charge in [-0.15, -0.1) is 0 Å². The smallest absolute Gasteiger partial charge is 0.216 e. The molecule has 1 N–H and O–H groups in total. The van der Waals surface area contributed by atoms with Gasteiger partial charge in [0.05, 0.1) is 11.4 Å². The molecule has 1 rings (SSSR count). The molecule has 4 nitrogen and oxygen atoms in total. The van der Waals surface area contributed by atoms with Crippen molar-refractivity contribution in [3.05, 3.63) is 0 Å². The molecule has 5 heteroatoms. The van der Waals surface area contributed by atoms with Gasteiger partial charge in [0.25, 0.3) is 0 Å². The molecular formula is C9H19NO3S. The lowest BCUT2D eigenvalue weighted by Gasteiger charge is -2.34. The van der Waals surface area contributed by atoms with Gasteiger partial charge < -0.3 is 5.11 Å². The third-order valence-corrected chi connectivity index (χ3v) is 5.02. The number of aliphatic hydroxyl groups excluding tert-OH is 1. The van der Waals surface area contributed by atoms with Crippen LogP contribution < -0.4 is 0 Å². The Kier molecular flexibility index (Phi) is 3.55. The molecule has 1 heterocycles. The van der Waals surface area contributed by atoms with Crippen LogP contribution in [0.4, 0.5) is 0 Å². The summed E-state index contributed by atoms with van der Waals surface area (Å²) >= 11 is 0. The second kappa shape index (κ2) is 4.16. The van der Waals surface area contributed by atoms with Gasteiger partial charge in [0.2, 0.25) is 10.0 Å². The largest absolute Gasteiger partial charge is 0.393 e. The second-order valence-electron chi connectivity index (χ2n) is 4.29. The third-order valence-electron chi connectivity index (χ3n) is 2.78. The highest BCUT2D eigenvalue weighted by atomic mass is 32.2. The average molecular weight is 221 g/mol. The Hall–Kier alpha value is -0.130. The Labute approximate surface area is 86.0 Å². The number of sulfonamides is 1. The Morgan fingerprint density at radius 1 is 1.43 bits per heavy atom. The summed E-state index contributed by atoms with van der Waals surface area (Å²) in [5, 5.41) is 9.11. The van der Waals surface area contributed by atoms with Crippen molar-refractivity contribution in [1.29, 1.82) is 0 Å². The SMILES string of the molecule is CC1CN(S(=O)(=O)C(C)C)CCC1O. The molecule has 1 aliphatic rings. The van der Waals surface area contributed by atoms with Crippen molar-refractivity contribution >= 4 is 10.0 Å². The first kappa shape index (κ1) is 11.9. The molecular weight excluding hydrogens is 202 g/mol. The minimum atomic E-state index is -3.13. The van der Waals surface area contributed by atoms with Crippen LogP contribution in [-0.4, -0.2) is 42.3 Å². The standard InChI is InChI=1S/C9H19NO3S/c1-7(2)14(12,13)10-5-4-9(11)8(3)6-10/h7-9,11H,4-6H2,1-3H3. The van der Waals surface area contributed by atoms with Crippen LogP contribution >= 0.6 is 0 Å². The van der Waals surface area contributed by atoms with Gasteiger partial charge in [0.1, 0.15) is 0 Å². The van der Waals surface area contributed by atoms with Crippen molar-refractivity contribution in [3.8, 4) is 0 Å². The molecule has 0 aromatic carbocycles. The van der Waals surface area contributed by atoms with Gasteiger partial charge in [-0.3, -0.25) is 0 Å². The van der Waals surface area contributed by atoms with E-state index in [-0.39, 0.29) is 17.3 Å². The van der Waals surface area contributed by atoms with E-state index in [1.165, 1.54) is 4.31 Å². The van der Waals surface area contributed by atoms with E-state index >= 15 is 0 Å². The Balaban J connectivity index is 2.73. The fourth-order valence-corrected chi connectivity index (χ4v) is 3.02. The monoisotopic (exact) mass is 221 g/mol. The molecule has 0 aliphatic carbocycles. The van der Waals surface area contributed by atoms with E-state index in [1.54, 1.807) is 13.8 Å². The zero-order chi connectivity index (χ0) is 10.9. The van der Waals surface area contributed by atoms with Crippen LogP contribution in [0.2, 0.25) is 0 Å². The summed E-state index contributed by atoms with van der Waals surface area (Å²) in [6.45, 7) is 6.15. The molecule has 14 heavy (non-hydrogen) atoms. The van der Waals surface area contributed by atoms with Crippen molar-refractivity contribution in [2.75, 3.05) is 13.1 Å². The van der Waals surface area contributed by atoms with E-state index in [0.717, 1.165) is 0 Å². The lowest BCUT2D eigenvalue weighted by atomic mass is 9.99. The van der Waals surface area contributed by atoms with Crippen LogP contribution in [0.15, 0.2) is 0 Å². The molecule has 0 aromatic heterocycles. The summed E-state index contributed by atoms with van der Waals surface area (Å²) in [6.07, 6.45) is 0.196. The number of piperidine rings is 1. The van der Waals surface area contributed by atoms with Crippen molar-refractivity contribution in [1.82, 2.24) is 4.31 Å². The zero-order valence-electron chi connectivity index (χ0n) is 8.97. The first-order valence-electron chi connectivity index (χ1n) is 5.02. The highest BCUT2D eigenvalue weighted by molar-refractivity contribution is 7.89. The predicted molar refractivity (Wildman–Crippen MR) is 55.4 cm³/mol. The summed E-state index contributed by atoms with van der Waals surface area (Å²) < 4.78 is 25.1. The fraction of sp³-hybridized carbons (Fsp3) is 1.00. The maximum atomic E-state index is 11.8. The molecule has 0 spiro atoms. The van der Waals surface area contributed by atoms with Gasteiger partial charge in [-0.05, 0) is 26.2 Å². The van der Waals surface area contributed by atoms with Crippen LogP contribution in [0.25, 0.3) is 0 Å². The van der Waals surface area contributed by atoms with Crippen LogP contribution in [-0.2, 0) is 10.0 Å². The zero-order valence-corrected chi connectivity index (χ0v) is 9.79. The molecule has 1 aliphatic heterocycles. The molecule has 1 saturated heterocycles. The molecule has 0 aromatic rings. The van der Waals surface area contributed by atoms with Gasteiger partial charge in [-0.25, -0.2) is 12.7 Å². The van der Waals surface area contributed by atoms with E-state index in [1.807, 2.05) is 6.92 Å². The fourth-order valence-electron chi connectivity index (χ4n) is 1.62. The van der Waals surface area contributed by atoms with Gasteiger partial charge in [-0.2, -0.15) is 0 Å². The quantitative estimate of drug-likeness (QED) is 0.735. The molecule has 0 bridgehead atoms. The average Bonchev–Trinajstić information content (AvgIpc) is 2.09. The lowest BCUT2D eigenvalue weighted by molar-refractivity contribution is 0.0626. The van der Waals surface area contributed by atoms with Crippen molar-refractivity contribution in [2.24, 2.45) is 5.92 Å². The maximum absolute atomic E-state index is 11.8. The molecule has 0 saturated carbocycles. The normalized spacial score (nSPS) is 30.9. The number of aliphatic hydroxyl groups is 1. The summed E-state index contributed by atoms with van der Waals surface area (Å²) in [7, 11) is -3.13. The minimum absolute atomic E-state index is 0.0391. The van der Waals surface area contributed by atoms with Gasteiger partial charge in [-0.1, -0.05) is 6.92 Å². The van der Waals surface area contributed by atoms with Crippen LogP contribution in [0.1, 0.15) is 27.2 Å². The summed E-state index contributed by atoms with van der Waals surface area (Å²) in [5.41, 5.74) is 0. The molecule has 2 atom stereocenters. The van der Waals surface area contributed by atoms with Crippen LogP contribution in [0, 0.1) is 5.92 Å². The Bertz CT molecular complexity index is 286. The molecule has 2 unspecified atom stereocenters. The van der Waals surface area contributed by atoms with Crippen molar-refractivity contribution in [3.63, 3.8) is 0 Å². The highest BCUT2D eigenvalue weighted by Gasteiger charge is 2.32. The van der Waals surface area contributed by atoms with Crippen molar-refractivity contribution in [2.45, 2.75) is 38.5 Å². The molecule has 1 fully saturated rings. The van der Waals surface area contributed by atoms with E-state index < -0.39 is 10.0 Å². The van der Waals surface area contributed by atoms with Crippen LogP contribution in [0.5, 0.6) is 0 Å². The van der Waals surface area contributed by atoms with E-state index in [0.29, 0.717) is 19.5 Å². The first-order chi connectivity index (χ1) is 6.35. The Morgan fingerprint density at radius 2 is 2.00 bits per heavy atom. The molecule has 0 radical (unpaired) electrons.